The highest BCUT2D eigenvalue weighted by atomic mass is 16.2. The average Bonchev–Trinajstić information content (AvgIpc) is 2.67. The second-order valence-corrected chi connectivity index (χ2v) is 6.79. The van der Waals surface area contributed by atoms with E-state index in [0.717, 1.165) is 29.5 Å². The van der Waals surface area contributed by atoms with Gasteiger partial charge in [0.15, 0.2) is 0 Å². The summed E-state index contributed by atoms with van der Waals surface area (Å²) in [5, 5.41) is 5.64. The van der Waals surface area contributed by atoms with Crippen LogP contribution in [0.15, 0.2) is 76.3 Å². The minimum Gasteiger partial charge on any atom is -0.343 e. The van der Waals surface area contributed by atoms with Crippen LogP contribution in [-0.2, 0) is 5.54 Å². The molecule has 0 unspecified atom stereocenters. The fourth-order valence-electron chi connectivity index (χ4n) is 3.46. The fraction of sp³-hybridized carbons (Fsp3) is 0.190. The van der Waals surface area contributed by atoms with Crippen LogP contribution in [0.5, 0.6) is 0 Å². The average molecular weight is 361 g/mol. The van der Waals surface area contributed by atoms with Gasteiger partial charge in [0.25, 0.3) is 17.0 Å². The molecule has 3 aromatic rings. The molecular weight excluding hydrogens is 342 g/mol. The van der Waals surface area contributed by atoms with Crippen LogP contribution >= 0.6 is 0 Å². The third kappa shape index (κ3) is 3.21. The van der Waals surface area contributed by atoms with E-state index in [1.54, 1.807) is 24.3 Å². The number of amides is 1. The maximum absolute atomic E-state index is 12.9. The van der Waals surface area contributed by atoms with Crippen molar-refractivity contribution in [1.29, 1.82) is 0 Å². The molecule has 1 heterocycles. The monoisotopic (exact) mass is 361 g/mol. The van der Waals surface area contributed by atoms with E-state index in [0.29, 0.717) is 11.3 Å². The lowest BCUT2D eigenvalue weighted by molar-refractivity contribution is 0.0823. The predicted octanol–water partition coefficient (Wildman–Crippen LogP) is 2.33. The molecule has 0 saturated heterocycles. The van der Waals surface area contributed by atoms with Gasteiger partial charge in [0, 0.05) is 17.7 Å². The summed E-state index contributed by atoms with van der Waals surface area (Å²) in [5.41, 5.74) is 0.879. The Hall–Kier alpha value is -3.41. The zero-order valence-corrected chi connectivity index (χ0v) is 14.6. The summed E-state index contributed by atoms with van der Waals surface area (Å²) in [6, 6.07) is 19.0. The topological polar surface area (TPSA) is 84.0 Å². The number of carbonyl (C=O) groups excluding carboxylic acids is 1. The van der Waals surface area contributed by atoms with Crippen LogP contribution in [0.1, 0.15) is 35.2 Å². The van der Waals surface area contributed by atoms with Crippen molar-refractivity contribution < 1.29 is 4.79 Å². The van der Waals surface area contributed by atoms with Crippen molar-refractivity contribution in [3.05, 3.63) is 98.6 Å². The van der Waals surface area contributed by atoms with Crippen molar-refractivity contribution in [2.75, 3.05) is 0 Å². The first-order chi connectivity index (χ1) is 13.1. The van der Waals surface area contributed by atoms with Crippen molar-refractivity contribution in [2.24, 2.45) is 0 Å². The Morgan fingerprint density at radius 1 is 0.963 bits per heavy atom. The highest BCUT2D eigenvalue weighted by Gasteiger charge is 2.40. The van der Waals surface area contributed by atoms with Crippen LogP contribution in [0, 0.1) is 0 Å². The van der Waals surface area contributed by atoms with Crippen molar-refractivity contribution in [3.8, 4) is 5.69 Å². The number of aromatic amines is 1. The molecule has 1 aliphatic rings. The summed E-state index contributed by atoms with van der Waals surface area (Å²) in [5.74, 6) is -0.202. The van der Waals surface area contributed by atoms with Gasteiger partial charge in [-0.25, -0.2) is 4.68 Å². The SMILES string of the molecule is O=C(NC1(c2ccccc2)CCC1)c1cccc(-n2[nH]c(=O)ccc2=O)c1. The quantitative estimate of drug-likeness (QED) is 0.748. The van der Waals surface area contributed by atoms with Crippen LogP contribution in [0.4, 0.5) is 0 Å². The number of carbonyl (C=O) groups is 1. The van der Waals surface area contributed by atoms with Gasteiger partial charge >= 0.3 is 0 Å². The van der Waals surface area contributed by atoms with Gasteiger partial charge in [-0.05, 0) is 43.0 Å². The van der Waals surface area contributed by atoms with E-state index in [1.165, 1.54) is 12.1 Å². The van der Waals surface area contributed by atoms with Crippen molar-refractivity contribution >= 4 is 5.91 Å². The van der Waals surface area contributed by atoms with E-state index in [4.69, 9.17) is 0 Å². The van der Waals surface area contributed by atoms with Gasteiger partial charge in [-0.2, -0.15) is 0 Å². The van der Waals surface area contributed by atoms with E-state index in [-0.39, 0.29) is 22.6 Å². The molecule has 1 saturated carbocycles. The number of nitrogens with one attached hydrogen (secondary N) is 2. The van der Waals surface area contributed by atoms with Gasteiger partial charge < -0.3 is 5.32 Å². The van der Waals surface area contributed by atoms with Crippen LogP contribution in [0.3, 0.4) is 0 Å². The lowest BCUT2D eigenvalue weighted by Gasteiger charge is -2.43. The van der Waals surface area contributed by atoms with Crippen LogP contribution in [-0.4, -0.2) is 15.7 Å². The molecule has 1 amide bonds. The number of nitrogens with zero attached hydrogens (tertiary/aromatic N) is 1. The van der Waals surface area contributed by atoms with Gasteiger partial charge in [0.1, 0.15) is 0 Å². The lowest BCUT2D eigenvalue weighted by atomic mass is 9.71. The number of rotatable bonds is 4. The van der Waals surface area contributed by atoms with Crippen molar-refractivity contribution in [3.63, 3.8) is 0 Å². The first-order valence-electron chi connectivity index (χ1n) is 8.88. The van der Waals surface area contributed by atoms with Gasteiger partial charge in [-0.1, -0.05) is 36.4 Å². The van der Waals surface area contributed by atoms with Crippen LogP contribution in [0.2, 0.25) is 0 Å². The third-order valence-corrected chi connectivity index (χ3v) is 5.07. The van der Waals surface area contributed by atoms with E-state index in [9.17, 15) is 14.4 Å². The molecule has 0 bridgehead atoms. The molecule has 0 spiro atoms. The molecule has 136 valence electrons. The van der Waals surface area contributed by atoms with Gasteiger partial charge in [0.2, 0.25) is 0 Å². The van der Waals surface area contributed by atoms with E-state index in [1.807, 2.05) is 30.3 Å². The van der Waals surface area contributed by atoms with Crippen LogP contribution in [0.25, 0.3) is 5.69 Å². The lowest BCUT2D eigenvalue weighted by Crippen LogP contribution is -2.50. The second kappa shape index (κ2) is 6.72. The zero-order chi connectivity index (χ0) is 18.9. The van der Waals surface area contributed by atoms with E-state index in [2.05, 4.69) is 10.4 Å². The number of H-pyrrole nitrogens is 1. The first kappa shape index (κ1) is 17.0. The van der Waals surface area contributed by atoms with Gasteiger partial charge in [-0.3, -0.25) is 19.5 Å². The van der Waals surface area contributed by atoms with Crippen molar-refractivity contribution in [1.82, 2.24) is 15.1 Å². The Balaban J connectivity index is 1.64. The van der Waals surface area contributed by atoms with E-state index >= 15 is 0 Å². The molecule has 6 nitrogen and oxygen atoms in total. The molecule has 2 aromatic carbocycles. The number of aromatic nitrogens is 2. The Labute approximate surface area is 155 Å². The summed E-state index contributed by atoms with van der Waals surface area (Å²) in [7, 11) is 0. The Morgan fingerprint density at radius 2 is 1.74 bits per heavy atom. The number of hydrogen-bond acceptors (Lipinski definition) is 3. The molecule has 4 rings (SSSR count). The van der Waals surface area contributed by atoms with Gasteiger partial charge in [-0.15, -0.1) is 0 Å². The summed E-state index contributed by atoms with van der Waals surface area (Å²) in [6.07, 6.45) is 2.86. The molecule has 6 heteroatoms. The normalized spacial score (nSPS) is 15.0. The first-order valence-corrected chi connectivity index (χ1v) is 8.88. The largest absolute Gasteiger partial charge is 0.343 e. The summed E-state index contributed by atoms with van der Waals surface area (Å²) >= 11 is 0. The highest BCUT2D eigenvalue weighted by Crippen LogP contribution is 2.41. The Kier molecular flexibility index (Phi) is 4.24. The molecule has 0 atom stereocenters. The molecule has 27 heavy (non-hydrogen) atoms. The molecule has 0 aliphatic heterocycles. The van der Waals surface area contributed by atoms with Gasteiger partial charge in [0.05, 0.1) is 11.2 Å². The second-order valence-electron chi connectivity index (χ2n) is 6.79. The smallest absolute Gasteiger partial charge is 0.269 e. The standard InChI is InChI=1S/C21H19N3O3/c25-18-10-11-19(26)24(23-18)17-9-4-6-15(14-17)20(27)22-21(12-5-13-21)16-7-2-1-3-8-16/h1-4,6-11,14H,5,12-13H2,(H,22,27)(H,23,25). The minimum atomic E-state index is -0.387. The zero-order valence-electron chi connectivity index (χ0n) is 14.6. The maximum atomic E-state index is 12.9. The molecule has 0 radical (unpaired) electrons. The van der Waals surface area contributed by atoms with Crippen molar-refractivity contribution in [2.45, 2.75) is 24.8 Å². The third-order valence-electron chi connectivity index (χ3n) is 5.07. The summed E-state index contributed by atoms with van der Waals surface area (Å²) in [6.45, 7) is 0. The molecule has 1 fully saturated rings. The molecule has 2 N–H and O–H groups in total. The Morgan fingerprint density at radius 3 is 2.44 bits per heavy atom. The van der Waals surface area contributed by atoms with Crippen LogP contribution < -0.4 is 16.4 Å². The predicted molar refractivity (Wildman–Crippen MR) is 102 cm³/mol. The van der Waals surface area contributed by atoms with E-state index < -0.39 is 0 Å². The maximum Gasteiger partial charge on any atom is 0.269 e. The fourth-order valence-corrected chi connectivity index (χ4v) is 3.46. The molecule has 1 aromatic heterocycles. The summed E-state index contributed by atoms with van der Waals surface area (Å²) < 4.78 is 1.13. The minimum absolute atomic E-state index is 0.202. The molecular formula is C21H19N3O3. The Bertz CT molecular complexity index is 1100. The summed E-state index contributed by atoms with van der Waals surface area (Å²) in [4.78, 5) is 36.4. The highest BCUT2D eigenvalue weighted by molar-refractivity contribution is 5.95. The number of hydrogen-bond donors (Lipinski definition) is 2. The molecule has 1 aliphatic carbocycles. The number of benzene rings is 2.